The van der Waals surface area contributed by atoms with E-state index in [0.717, 1.165) is 22.4 Å². The number of benzene rings is 3. The van der Waals surface area contributed by atoms with Gasteiger partial charge in [0, 0.05) is 19.5 Å². The SMILES string of the molecule is C=CCC(CC(=O)N(CCO)Cc1ccccc1)C(=O)NC(CO)Cc1ccc(OCc2ccccc2)cc1. The maximum Gasteiger partial charge on any atom is 0.224 e. The number of amides is 2. The molecule has 206 valence electrons. The van der Waals surface area contributed by atoms with Crippen LogP contribution in [-0.2, 0) is 29.2 Å². The summed E-state index contributed by atoms with van der Waals surface area (Å²) in [5.74, 6) is -0.426. The van der Waals surface area contributed by atoms with E-state index in [1.165, 1.54) is 0 Å². The Labute approximate surface area is 230 Å². The lowest BCUT2D eigenvalue weighted by Gasteiger charge is -2.25. The van der Waals surface area contributed by atoms with Crippen LogP contribution >= 0.6 is 0 Å². The van der Waals surface area contributed by atoms with Crippen LogP contribution in [0.5, 0.6) is 5.75 Å². The van der Waals surface area contributed by atoms with Gasteiger partial charge in [0.25, 0.3) is 0 Å². The van der Waals surface area contributed by atoms with Gasteiger partial charge in [-0.25, -0.2) is 0 Å². The van der Waals surface area contributed by atoms with Crippen LogP contribution in [0.2, 0.25) is 0 Å². The molecule has 3 aromatic carbocycles. The monoisotopic (exact) mass is 530 g/mol. The second-order valence-electron chi connectivity index (χ2n) is 9.46. The fraction of sp³-hybridized carbons (Fsp3) is 0.312. The zero-order valence-electron chi connectivity index (χ0n) is 22.2. The molecule has 0 aromatic heterocycles. The number of carbonyl (C=O) groups excluding carboxylic acids is 2. The van der Waals surface area contributed by atoms with E-state index in [0.29, 0.717) is 26.0 Å². The number of ether oxygens (including phenoxy) is 1. The molecule has 3 N–H and O–H groups in total. The van der Waals surface area contributed by atoms with Crippen LogP contribution in [0.25, 0.3) is 0 Å². The van der Waals surface area contributed by atoms with E-state index in [1.54, 1.807) is 11.0 Å². The number of aliphatic hydroxyl groups is 2. The first-order chi connectivity index (χ1) is 19.0. The molecule has 3 aromatic rings. The molecule has 0 bridgehead atoms. The summed E-state index contributed by atoms with van der Waals surface area (Å²) in [5, 5.41) is 22.3. The molecule has 39 heavy (non-hydrogen) atoms. The Morgan fingerprint density at radius 1 is 0.897 bits per heavy atom. The van der Waals surface area contributed by atoms with Crippen LogP contribution in [0, 0.1) is 5.92 Å². The van der Waals surface area contributed by atoms with Crippen molar-refractivity contribution < 1.29 is 24.5 Å². The van der Waals surface area contributed by atoms with Crippen molar-refractivity contribution in [3.05, 3.63) is 114 Å². The molecule has 0 aliphatic heterocycles. The number of hydrogen-bond acceptors (Lipinski definition) is 5. The lowest BCUT2D eigenvalue weighted by Crippen LogP contribution is -2.44. The lowest BCUT2D eigenvalue weighted by molar-refractivity contribution is -0.137. The smallest absolute Gasteiger partial charge is 0.224 e. The van der Waals surface area contributed by atoms with Gasteiger partial charge >= 0.3 is 0 Å². The highest BCUT2D eigenvalue weighted by atomic mass is 16.5. The lowest BCUT2D eigenvalue weighted by atomic mass is 9.98. The summed E-state index contributed by atoms with van der Waals surface area (Å²) < 4.78 is 5.83. The third-order valence-electron chi connectivity index (χ3n) is 6.40. The summed E-state index contributed by atoms with van der Waals surface area (Å²) in [6.45, 7) is 4.34. The highest BCUT2D eigenvalue weighted by Gasteiger charge is 2.26. The van der Waals surface area contributed by atoms with Crippen LogP contribution in [0.4, 0.5) is 0 Å². The van der Waals surface area contributed by atoms with Crippen LogP contribution in [0.3, 0.4) is 0 Å². The third kappa shape index (κ3) is 10.0. The fourth-order valence-electron chi connectivity index (χ4n) is 4.27. The summed E-state index contributed by atoms with van der Waals surface area (Å²) in [4.78, 5) is 27.8. The van der Waals surface area contributed by atoms with Gasteiger partial charge < -0.3 is 25.2 Å². The van der Waals surface area contributed by atoms with E-state index in [9.17, 15) is 19.8 Å². The van der Waals surface area contributed by atoms with Gasteiger partial charge in [-0.3, -0.25) is 9.59 Å². The summed E-state index contributed by atoms with van der Waals surface area (Å²) in [5.41, 5.74) is 2.97. The van der Waals surface area contributed by atoms with E-state index in [1.807, 2.05) is 84.9 Å². The number of aliphatic hydroxyl groups excluding tert-OH is 2. The van der Waals surface area contributed by atoms with Gasteiger partial charge in [-0.1, -0.05) is 78.9 Å². The average Bonchev–Trinajstić information content (AvgIpc) is 2.97. The van der Waals surface area contributed by atoms with Crippen molar-refractivity contribution in [2.75, 3.05) is 19.8 Å². The van der Waals surface area contributed by atoms with Crippen LogP contribution in [0.15, 0.2) is 97.6 Å². The summed E-state index contributed by atoms with van der Waals surface area (Å²) >= 11 is 0. The minimum atomic E-state index is -0.630. The van der Waals surface area contributed by atoms with Crippen LogP contribution in [0.1, 0.15) is 29.5 Å². The van der Waals surface area contributed by atoms with E-state index in [4.69, 9.17) is 4.74 Å². The topological polar surface area (TPSA) is 99.1 Å². The van der Waals surface area contributed by atoms with Crippen LogP contribution < -0.4 is 10.1 Å². The molecule has 0 aliphatic carbocycles. The number of rotatable bonds is 16. The molecule has 2 unspecified atom stereocenters. The number of nitrogens with one attached hydrogen (secondary N) is 1. The molecule has 2 amide bonds. The predicted octanol–water partition coefficient (Wildman–Crippen LogP) is 3.89. The number of allylic oxidation sites excluding steroid dienone is 1. The first-order valence-electron chi connectivity index (χ1n) is 13.2. The zero-order chi connectivity index (χ0) is 27.9. The summed E-state index contributed by atoms with van der Waals surface area (Å²) in [6.07, 6.45) is 2.35. The molecule has 0 saturated heterocycles. The molecule has 7 heteroatoms. The molecule has 0 fully saturated rings. The van der Waals surface area contributed by atoms with Gasteiger partial charge in [0.1, 0.15) is 12.4 Å². The summed E-state index contributed by atoms with van der Waals surface area (Å²) in [7, 11) is 0. The van der Waals surface area contributed by atoms with E-state index in [-0.39, 0.29) is 38.0 Å². The fourth-order valence-corrected chi connectivity index (χ4v) is 4.27. The second-order valence-corrected chi connectivity index (χ2v) is 9.46. The Morgan fingerprint density at radius 3 is 2.13 bits per heavy atom. The number of nitrogens with zero attached hydrogens (tertiary/aromatic N) is 1. The third-order valence-corrected chi connectivity index (χ3v) is 6.40. The van der Waals surface area contributed by atoms with Gasteiger partial charge in [-0.05, 0) is 41.7 Å². The summed E-state index contributed by atoms with van der Waals surface area (Å²) in [6, 6.07) is 26.5. The molecule has 0 saturated carbocycles. The van der Waals surface area contributed by atoms with E-state index >= 15 is 0 Å². The molecule has 0 heterocycles. The Balaban J connectivity index is 1.56. The molecular weight excluding hydrogens is 492 g/mol. The predicted molar refractivity (Wildman–Crippen MR) is 152 cm³/mol. The molecule has 7 nitrogen and oxygen atoms in total. The van der Waals surface area contributed by atoms with E-state index < -0.39 is 12.0 Å². The molecule has 3 rings (SSSR count). The minimum absolute atomic E-state index is 0.0176. The quantitative estimate of drug-likeness (QED) is 0.244. The average molecular weight is 531 g/mol. The molecule has 0 spiro atoms. The Kier molecular flexibility index (Phi) is 12.2. The van der Waals surface area contributed by atoms with Crippen molar-refractivity contribution in [1.29, 1.82) is 0 Å². The molecule has 0 aliphatic rings. The van der Waals surface area contributed by atoms with Crippen molar-refractivity contribution in [3.8, 4) is 5.75 Å². The Hall–Kier alpha value is -3.94. The maximum atomic E-state index is 13.1. The first-order valence-corrected chi connectivity index (χ1v) is 13.2. The number of hydrogen-bond donors (Lipinski definition) is 3. The van der Waals surface area contributed by atoms with Gasteiger partial charge in [0.05, 0.1) is 25.2 Å². The highest BCUT2D eigenvalue weighted by Crippen LogP contribution is 2.17. The Bertz CT molecular complexity index is 1150. The molecule has 0 radical (unpaired) electrons. The largest absolute Gasteiger partial charge is 0.489 e. The maximum absolute atomic E-state index is 13.1. The second kappa shape index (κ2) is 16.1. The highest BCUT2D eigenvalue weighted by molar-refractivity contribution is 5.86. The van der Waals surface area contributed by atoms with Gasteiger partial charge in [-0.2, -0.15) is 0 Å². The molecular formula is C32H38N2O5. The van der Waals surface area contributed by atoms with Crippen molar-refractivity contribution in [2.45, 2.75) is 38.5 Å². The standard InChI is InChI=1S/C32H38N2O5/c1-2-9-28(21-31(37)34(18-19-35)22-26-10-5-3-6-11-26)32(38)33-29(23-36)20-25-14-16-30(17-15-25)39-24-27-12-7-4-8-13-27/h2-8,10-17,28-29,35-36H,1,9,18-24H2,(H,33,38). The number of carbonyl (C=O) groups is 2. The van der Waals surface area contributed by atoms with Crippen molar-refractivity contribution >= 4 is 11.8 Å². The van der Waals surface area contributed by atoms with Gasteiger partial charge in [0.2, 0.25) is 11.8 Å². The van der Waals surface area contributed by atoms with Crippen molar-refractivity contribution in [1.82, 2.24) is 10.2 Å². The zero-order valence-corrected chi connectivity index (χ0v) is 22.2. The van der Waals surface area contributed by atoms with Gasteiger partial charge in [0.15, 0.2) is 0 Å². The van der Waals surface area contributed by atoms with Crippen molar-refractivity contribution in [2.24, 2.45) is 5.92 Å². The molecule has 2 atom stereocenters. The normalized spacial score (nSPS) is 12.3. The van der Waals surface area contributed by atoms with Crippen LogP contribution in [-0.4, -0.2) is 52.7 Å². The Morgan fingerprint density at radius 2 is 1.54 bits per heavy atom. The minimum Gasteiger partial charge on any atom is -0.489 e. The van der Waals surface area contributed by atoms with Crippen molar-refractivity contribution in [3.63, 3.8) is 0 Å². The first kappa shape index (κ1) is 29.6. The van der Waals surface area contributed by atoms with Gasteiger partial charge in [-0.15, -0.1) is 6.58 Å². The van der Waals surface area contributed by atoms with E-state index in [2.05, 4.69) is 11.9 Å².